The molecule has 7 nitrogen and oxygen atoms in total. The molecule has 0 saturated heterocycles. The van der Waals surface area contributed by atoms with E-state index in [-0.39, 0.29) is 11.8 Å². The lowest BCUT2D eigenvalue weighted by molar-refractivity contribution is -0.149. The predicted molar refractivity (Wildman–Crippen MR) is 164 cm³/mol. The van der Waals surface area contributed by atoms with E-state index in [1.54, 1.807) is 37.4 Å². The molecule has 0 fully saturated rings. The molecule has 0 radical (unpaired) electrons. The highest BCUT2D eigenvalue weighted by molar-refractivity contribution is 7.98. The molecule has 2 aromatic carbocycles. The molecule has 0 saturated carbocycles. The summed E-state index contributed by atoms with van der Waals surface area (Å²) in [6, 6.07) is 15.8. The molecular weight excluding hydrogens is 522 g/mol. The molecule has 220 valence electrons. The second-order valence-corrected chi connectivity index (χ2v) is 12.5. The molecule has 40 heavy (non-hydrogen) atoms. The zero-order valence-corrected chi connectivity index (χ0v) is 26.2. The molecule has 8 heteroatoms. The number of thioether (sulfide) groups is 1. The second-order valence-electron chi connectivity index (χ2n) is 11.6. The third-order valence-corrected chi connectivity index (χ3v) is 7.52. The van der Waals surface area contributed by atoms with Crippen molar-refractivity contribution in [2.24, 2.45) is 0 Å². The average molecular weight is 570 g/mol. The van der Waals surface area contributed by atoms with Gasteiger partial charge in [0.15, 0.2) is 0 Å². The third-order valence-electron chi connectivity index (χ3n) is 6.87. The number of hydrogen-bond donors (Lipinski definition) is 2. The van der Waals surface area contributed by atoms with Gasteiger partial charge >= 0.3 is 6.09 Å². The van der Waals surface area contributed by atoms with Crippen LogP contribution in [0, 0.1) is 0 Å². The van der Waals surface area contributed by atoms with Crippen LogP contribution in [0.5, 0.6) is 0 Å². The fourth-order valence-corrected chi connectivity index (χ4v) is 4.76. The van der Waals surface area contributed by atoms with Gasteiger partial charge in [0.2, 0.25) is 11.8 Å². The number of carbonyl (C=O) groups is 3. The number of hydrogen-bond acceptors (Lipinski definition) is 5. The molecule has 0 aliphatic carbocycles. The van der Waals surface area contributed by atoms with Crippen molar-refractivity contribution in [3.8, 4) is 0 Å². The Morgan fingerprint density at radius 3 is 2.08 bits per heavy atom. The largest absolute Gasteiger partial charge is 0.444 e. The van der Waals surface area contributed by atoms with Crippen molar-refractivity contribution >= 4 is 29.7 Å². The summed E-state index contributed by atoms with van der Waals surface area (Å²) in [6.45, 7) is 13.7. The first-order chi connectivity index (χ1) is 18.8. The number of benzene rings is 2. The molecule has 2 unspecified atom stereocenters. The Labute approximate surface area is 244 Å². The van der Waals surface area contributed by atoms with Crippen LogP contribution in [0.2, 0.25) is 0 Å². The number of alkyl carbamates (subject to hydrolysis) is 1. The zero-order valence-electron chi connectivity index (χ0n) is 25.4. The number of rotatable bonds is 13. The number of nitrogens with one attached hydrogen (secondary N) is 2. The highest BCUT2D eigenvalue weighted by Crippen LogP contribution is 2.33. The van der Waals surface area contributed by atoms with Crippen LogP contribution < -0.4 is 10.6 Å². The molecule has 2 N–H and O–H groups in total. The maximum absolute atomic E-state index is 14.4. The van der Waals surface area contributed by atoms with Crippen molar-refractivity contribution in [1.82, 2.24) is 15.5 Å². The minimum atomic E-state index is -0.894. The number of amides is 3. The molecule has 0 aromatic heterocycles. The lowest BCUT2D eigenvalue weighted by Crippen LogP contribution is -2.59. The smallest absolute Gasteiger partial charge is 0.408 e. The van der Waals surface area contributed by atoms with E-state index in [4.69, 9.17) is 4.74 Å². The SMILES string of the molecule is CCc1ccc(C(C(=O)NCc2ccccc2)N(C(=O)C(CCSC)NC(=O)OC(C)(C)C)C(C)(C)CC)cc1. The minimum absolute atomic E-state index is 0.274. The van der Waals surface area contributed by atoms with E-state index in [0.717, 1.165) is 23.1 Å². The van der Waals surface area contributed by atoms with Crippen molar-refractivity contribution < 1.29 is 19.1 Å². The molecule has 0 heterocycles. The van der Waals surface area contributed by atoms with Crippen LogP contribution in [0.1, 0.15) is 84.0 Å². The van der Waals surface area contributed by atoms with Gasteiger partial charge in [-0.05, 0) is 82.6 Å². The molecule has 0 bridgehead atoms. The monoisotopic (exact) mass is 569 g/mol. The Bertz CT molecular complexity index is 1100. The highest BCUT2D eigenvalue weighted by atomic mass is 32.2. The van der Waals surface area contributed by atoms with Gasteiger partial charge in [-0.1, -0.05) is 68.4 Å². The number of ether oxygens (including phenoxy) is 1. The Morgan fingerprint density at radius 2 is 1.55 bits per heavy atom. The maximum Gasteiger partial charge on any atom is 0.408 e. The third kappa shape index (κ3) is 9.88. The van der Waals surface area contributed by atoms with Gasteiger partial charge in [0.25, 0.3) is 0 Å². The molecule has 0 aliphatic heterocycles. The lowest BCUT2D eigenvalue weighted by atomic mass is 9.91. The molecule has 2 atom stereocenters. The first-order valence-electron chi connectivity index (χ1n) is 14.0. The maximum atomic E-state index is 14.4. The Kier molecular flexibility index (Phi) is 12.6. The summed E-state index contributed by atoms with van der Waals surface area (Å²) in [5.74, 6) is 0.0675. The molecule has 0 spiro atoms. The van der Waals surface area contributed by atoms with Crippen LogP contribution in [-0.4, -0.2) is 52.0 Å². The second kappa shape index (κ2) is 15.1. The lowest BCUT2D eigenvalue weighted by Gasteiger charge is -2.44. The summed E-state index contributed by atoms with van der Waals surface area (Å²) < 4.78 is 5.49. The van der Waals surface area contributed by atoms with Crippen LogP contribution in [0.4, 0.5) is 4.79 Å². The van der Waals surface area contributed by atoms with Gasteiger partial charge in [-0.3, -0.25) is 9.59 Å². The van der Waals surface area contributed by atoms with E-state index in [1.807, 2.05) is 81.6 Å². The quantitative estimate of drug-likeness (QED) is 0.297. The fraction of sp³-hybridized carbons (Fsp3) is 0.531. The summed E-state index contributed by atoms with van der Waals surface area (Å²) in [5, 5.41) is 5.87. The van der Waals surface area contributed by atoms with Gasteiger partial charge < -0.3 is 20.3 Å². The fourth-order valence-electron chi connectivity index (χ4n) is 4.29. The minimum Gasteiger partial charge on any atom is -0.444 e. The molecule has 2 aromatic rings. The van der Waals surface area contributed by atoms with Gasteiger partial charge in [0, 0.05) is 12.1 Å². The average Bonchev–Trinajstić information content (AvgIpc) is 2.91. The van der Waals surface area contributed by atoms with Crippen LogP contribution in [-0.2, 0) is 27.3 Å². The van der Waals surface area contributed by atoms with E-state index in [0.29, 0.717) is 25.1 Å². The summed E-state index contributed by atoms with van der Waals surface area (Å²) in [6.07, 6.45) is 3.18. The first-order valence-corrected chi connectivity index (χ1v) is 15.4. The van der Waals surface area contributed by atoms with Crippen LogP contribution in [0.15, 0.2) is 54.6 Å². The summed E-state index contributed by atoms with van der Waals surface area (Å²) >= 11 is 1.59. The number of carbonyl (C=O) groups excluding carboxylic acids is 3. The van der Waals surface area contributed by atoms with E-state index in [1.165, 1.54) is 0 Å². The molecule has 3 amide bonds. The van der Waals surface area contributed by atoms with Gasteiger partial charge in [0.05, 0.1) is 0 Å². The predicted octanol–water partition coefficient (Wildman–Crippen LogP) is 6.27. The molecular formula is C32H47N3O4S. The van der Waals surface area contributed by atoms with Crippen LogP contribution >= 0.6 is 11.8 Å². The van der Waals surface area contributed by atoms with E-state index < -0.39 is 29.3 Å². The zero-order chi connectivity index (χ0) is 29.9. The van der Waals surface area contributed by atoms with Crippen LogP contribution in [0.25, 0.3) is 0 Å². The normalized spacial score (nSPS) is 13.2. The topological polar surface area (TPSA) is 87.7 Å². The van der Waals surface area contributed by atoms with Crippen molar-refractivity contribution in [3.63, 3.8) is 0 Å². The van der Waals surface area contributed by atoms with Gasteiger partial charge in [-0.25, -0.2) is 4.79 Å². The number of nitrogens with zero attached hydrogens (tertiary/aromatic N) is 1. The molecule has 0 aliphatic rings. The van der Waals surface area contributed by atoms with Crippen molar-refractivity contribution in [3.05, 3.63) is 71.3 Å². The standard InChI is InChI=1S/C32H47N3O4S/c1-9-23-16-18-25(19-17-23)27(28(36)33-22-24-14-12-11-13-15-24)35(32(6,7)10-2)29(37)26(20-21-40-8)34-30(38)39-31(3,4)5/h11-19,26-27H,9-10,20-22H2,1-8H3,(H,33,36)(H,34,38). The highest BCUT2D eigenvalue weighted by Gasteiger charge is 2.43. The number of aryl methyl sites for hydroxylation is 1. The first kappa shape index (κ1) is 33.2. The van der Waals surface area contributed by atoms with E-state index in [2.05, 4.69) is 17.6 Å². The van der Waals surface area contributed by atoms with Crippen molar-refractivity contribution in [1.29, 1.82) is 0 Å². The summed E-state index contributed by atoms with van der Waals surface area (Å²) in [4.78, 5) is 42.9. The molecule has 2 rings (SSSR count). The van der Waals surface area contributed by atoms with E-state index >= 15 is 0 Å². The Balaban J connectivity index is 2.55. The van der Waals surface area contributed by atoms with Crippen LogP contribution in [0.3, 0.4) is 0 Å². The summed E-state index contributed by atoms with van der Waals surface area (Å²) in [7, 11) is 0. The Morgan fingerprint density at radius 1 is 0.925 bits per heavy atom. The van der Waals surface area contributed by atoms with E-state index in [9.17, 15) is 14.4 Å². The van der Waals surface area contributed by atoms with Crippen molar-refractivity contribution in [2.45, 2.75) is 97.5 Å². The summed E-state index contributed by atoms with van der Waals surface area (Å²) in [5.41, 5.74) is 1.43. The van der Waals surface area contributed by atoms with Gasteiger partial charge in [-0.15, -0.1) is 0 Å². The van der Waals surface area contributed by atoms with Crippen molar-refractivity contribution in [2.75, 3.05) is 12.0 Å². The van der Waals surface area contributed by atoms with Gasteiger partial charge in [0.1, 0.15) is 17.7 Å². The Hall–Kier alpha value is -3.00. The van der Waals surface area contributed by atoms with Gasteiger partial charge in [-0.2, -0.15) is 11.8 Å².